The summed E-state index contributed by atoms with van der Waals surface area (Å²) in [6, 6.07) is 18.6. The number of piperidine rings is 1. The number of para-hydroxylation sites is 1. The van der Waals surface area contributed by atoms with E-state index in [1.807, 2.05) is 38.1 Å². The van der Waals surface area contributed by atoms with Gasteiger partial charge in [0.15, 0.2) is 0 Å². The lowest BCUT2D eigenvalue weighted by atomic mass is 9.89. The third-order valence-corrected chi connectivity index (χ3v) is 5.35. The second-order valence-corrected chi connectivity index (χ2v) is 7.15. The average Bonchev–Trinajstić information content (AvgIpc) is 2.64. The molecule has 132 valence electrons. The second-order valence-electron chi connectivity index (χ2n) is 7.15. The lowest BCUT2D eigenvalue weighted by Crippen LogP contribution is -2.46. The standard InChI is InChI=1S/C22H28N2O/c1-17-8-6-7-11-21(17)23-22(25)18(2)24-14-12-20(13-15-24)16-19-9-4-3-5-10-19/h3-11,18,20H,12-16H2,1-2H3,(H,23,25)/t18-/m1/s1. The van der Waals surface area contributed by atoms with E-state index in [1.165, 1.54) is 5.56 Å². The molecule has 1 atom stereocenters. The zero-order valence-electron chi connectivity index (χ0n) is 15.2. The molecule has 1 aliphatic rings. The summed E-state index contributed by atoms with van der Waals surface area (Å²) in [6.45, 7) is 6.04. The minimum Gasteiger partial charge on any atom is -0.324 e. The van der Waals surface area contributed by atoms with E-state index in [0.717, 1.165) is 49.5 Å². The van der Waals surface area contributed by atoms with Crippen molar-refractivity contribution in [2.24, 2.45) is 5.92 Å². The number of benzene rings is 2. The first-order valence-electron chi connectivity index (χ1n) is 9.28. The summed E-state index contributed by atoms with van der Waals surface area (Å²) in [5.74, 6) is 0.820. The van der Waals surface area contributed by atoms with Crippen LogP contribution < -0.4 is 5.32 Å². The zero-order chi connectivity index (χ0) is 17.6. The maximum absolute atomic E-state index is 12.6. The Bertz CT molecular complexity index is 690. The van der Waals surface area contributed by atoms with Gasteiger partial charge in [-0.15, -0.1) is 0 Å². The minimum absolute atomic E-state index is 0.0859. The predicted octanol–water partition coefficient (Wildman–Crippen LogP) is 4.28. The largest absolute Gasteiger partial charge is 0.324 e. The van der Waals surface area contributed by atoms with Crippen molar-refractivity contribution in [3.05, 3.63) is 65.7 Å². The van der Waals surface area contributed by atoms with Gasteiger partial charge in [-0.3, -0.25) is 9.69 Å². The van der Waals surface area contributed by atoms with Gasteiger partial charge >= 0.3 is 0 Å². The number of nitrogens with zero attached hydrogens (tertiary/aromatic N) is 1. The number of hydrogen-bond donors (Lipinski definition) is 1. The molecule has 2 aromatic rings. The van der Waals surface area contributed by atoms with Crippen LogP contribution in [0.4, 0.5) is 5.69 Å². The van der Waals surface area contributed by atoms with Crippen molar-refractivity contribution < 1.29 is 4.79 Å². The fraction of sp³-hybridized carbons (Fsp3) is 0.409. The topological polar surface area (TPSA) is 32.3 Å². The van der Waals surface area contributed by atoms with E-state index < -0.39 is 0 Å². The van der Waals surface area contributed by atoms with Crippen LogP contribution >= 0.6 is 0 Å². The van der Waals surface area contributed by atoms with Gasteiger partial charge < -0.3 is 5.32 Å². The Balaban J connectivity index is 1.50. The van der Waals surface area contributed by atoms with Crippen molar-refractivity contribution in [3.8, 4) is 0 Å². The molecule has 0 radical (unpaired) electrons. The Morgan fingerprint density at radius 2 is 1.72 bits per heavy atom. The van der Waals surface area contributed by atoms with Gasteiger partial charge in [0, 0.05) is 5.69 Å². The van der Waals surface area contributed by atoms with Crippen molar-refractivity contribution in [2.45, 2.75) is 39.2 Å². The first kappa shape index (κ1) is 17.7. The Morgan fingerprint density at radius 1 is 1.08 bits per heavy atom. The Labute approximate surface area is 151 Å². The van der Waals surface area contributed by atoms with E-state index in [2.05, 4.69) is 40.5 Å². The molecule has 1 aliphatic heterocycles. The summed E-state index contributed by atoms with van der Waals surface area (Å²) in [4.78, 5) is 14.9. The van der Waals surface area contributed by atoms with Crippen molar-refractivity contribution in [1.82, 2.24) is 4.90 Å². The highest BCUT2D eigenvalue weighted by atomic mass is 16.2. The second kappa shape index (κ2) is 8.30. The molecule has 1 fully saturated rings. The fourth-order valence-corrected chi connectivity index (χ4v) is 3.61. The maximum Gasteiger partial charge on any atom is 0.241 e. The normalized spacial score (nSPS) is 17.2. The molecule has 1 amide bonds. The molecule has 1 N–H and O–H groups in total. The van der Waals surface area contributed by atoms with E-state index in [4.69, 9.17) is 0 Å². The van der Waals surface area contributed by atoms with E-state index in [9.17, 15) is 4.79 Å². The summed E-state index contributed by atoms with van der Waals surface area (Å²) in [5.41, 5.74) is 3.44. The molecular formula is C22H28N2O. The number of anilines is 1. The lowest BCUT2D eigenvalue weighted by Gasteiger charge is -2.35. The van der Waals surface area contributed by atoms with Gasteiger partial charge in [-0.1, -0.05) is 48.5 Å². The van der Waals surface area contributed by atoms with E-state index in [1.54, 1.807) is 0 Å². The summed E-state index contributed by atoms with van der Waals surface area (Å²) in [7, 11) is 0. The lowest BCUT2D eigenvalue weighted by molar-refractivity contribution is -0.121. The Morgan fingerprint density at radius 3 is 2.40 bits per heavy atom. The summed E-state index contributed by atoms with van der Waals surface area (Å²) in [5, 5.41) is 3.08. The van der Waals surface area contributed by atoms with Crippen molar-refractivity contribution in [1.29, 1.82) is 0 Å². The highest BCUT2D eigenvalue weighted by Gasteiger charge is 2.26. The van der Waals surface area contributed by atoms with E-state index >= 15 is 0 Å². The molecular weight excluding hydrogens is 308 g/mol. The molecule has 25 heavy (non-hydrogen) atoms. The number of rotatable bonds is 5. The smallest absolute Gasteiger partial charge is 0.241 e. The van der Waals surface area contributed by atoms with Crippen LogP contribution in [-0.4, -0.2) is 29.9 Å². The number of amides is 1. The van der Waals surface area contributed by atoms with Crippen LogP contribution in [0, 0.1) is 12.8 Å². The maximum atomic E-state index is 12.6. The van der Waals surface area contributed by atoms with Crippen molar-refractivity contribution in [3.63, 3.8) is 0 Å². The number of hydrogen-bond acceptors (Lipinski definition) is 2. The number of carbonyl (C=O) groups is 1. The van der Waals surface area contributed by atoms with Gasteiger partial charge in [-0.2, -0.15) is 0 Å². The molecule has 0 aromatic heterocycles. The van der Waals surface area contributed by atoms with Crippen molar-refractivity contribution >= 4 is 11.6 Å². The fourth-order valence-electron chi connectivity index (χ4n) is 3.61. The SMILES string of the molecule is Cc1ccccc1NC(=O)[C@@H](C)N1CCC(Cc2ccccc2)CC1. The third-order valence-electron chi connectivity index (χ3n) is 5.35. The minimum atomic E-state index is -0.0859. The van der Waals surface area contributed by atoms with E-state index in [-0.39, 0.29) is 11.9 Å². The highest BCUT2D eigenvalue weighted by molar-refractivity contribution is 5.95. The van der Waals surface area contributed by atoms with Gasteiger partial charge in [0.05, 0.1) is 6.04 Å². The molecule has 1 saturated heterocycles. The molecule has 0 unspecified atom stereocenters. The number of likely N-dealkylation sites (tertiary alicyclic amines) is 1. The average molecular weight is 336 g/mol. The van der Waals surface area contributed by atoms with Crippen LogP contribution in [0.3, 0.4) is 0 Å². The van der Waals surface area contributed by atoms with E-state index in [0.29, 0.717) is 0 Å². The summed E-state index contributed by atoms with van der Waals surface area (Å²) >= 11 is 0. The molecule has 3 heteroatoms. The molecule has 0 bridgehead atoms. The van der Waals surface area contributed by atoms with Gasteiger partial charge in [-0.05, 0) is 69.3 Å². The van der Waals surface area contributed by atoms with Crippen molar-refractivity contribution in [2.75, 3.05) is 18.4 Å². The van der Waals surface area contributed by atoms with Gasteiger partial charge in [0.25, 0.3) is 0 Å². The highest BCUT2D eigenvalue weighted by Crippen LogP contribution is 2.23. The monoisotopic (exact) mass is 336 g/mol. The molecule has 3 rings (SSSR count). The van der Waals surface area contributed by atoms with Crippen LogP contribution in [0.15, 0.2) is 54.6 Å². The summed E-state index contributed by atoms with van der Waals surface area (Å²) in [6.07, 6.45) is 3.48. The molecule has 3 nitrogen and oxygen atoms in total. The zero-order valence-corrected chi connectivity index (χ0v) is 15.2. The number of aryl methyl sites for hydroxylation is 1. The van der Waals surface area contributed by atoms with Crippen LogP contribution in [0.1, 0.15) is 30.9 Å². The third kappa shape index (κ3) is 4.70. The molecule has 0 aliphatic carbocycles. The first-order chi connectivity index (χ1) is 12.1. The van der Waals surface area contributed by atoms with Crippen LogP contribution in [0.5, 0.6) is 0 Å². The molecule has 0 spiro atoms. The van der Waals surface area contributed by atoms with Crippen LogP contribution in [0.2, 0.25) is 0 Å². The molecule has 2 aromatic carbocycles. The van der Waals surface area contributed by atoms with Gasteiger partial charge in [0.2, 0.25) is 5.91 Å². The molecule has 1 heterocycles. The Kier molecular flexibility index (Phi) is 5.87. The predicted molar refractivity (Wildman–Crippen MR) is 104 cm³/mol. The first-order valence-corrected chi connectivity index (χ1v) is 9.28. The molecule has 0 saturated carbocycles. The quantitative estimate of drug-likeness (QED) is 0.884. The van der Waals surface area contributed by atoms with Gasteiger partial charge in [0.1, 0.15) is 0 Å². The van der Waals surface area contributed by atoms with Gasteiger partial charge in [-0.25, -0.2) is 0 Å². The number of nitrogens with one attached hydrogen (secondary N) is 1. The Hall–Kier alpha value is -2.13. The summed E-state index contributed by atoms with van der Waals surface area (Å²) < 4.78 is 0. The van der Waals surface area contributed by atoms with Crippen LogP contribution in [-0.2, 0) is 11.2 Å². The van der Waals surface area contributed by atoms with Crippen LogP contribution in [0.25, 0.3) is 0 Å². The number of carbonyl (C=O) groups excluding carboxylic acids is 1.